The number of aromatic nitrogens is 2. The van der Waals surface area contributed by atoms with Crippen molar-refractivity contribution in [3.8, 4) is 0 Å². The number of hydrogen-bond acceptors (Lipinski definition) is 4. The molecule has 1 aromatic heterocycles. The van der Waals surface area contributed by atoms with Crippen molar-refractivity contribution in [1.82, 2.24) is 15.1 Å². The maximum atomic E-state index is 12.3. The Hall–Kier alpha value is -2.18. The minimum Gasteiger partial charge on any atom is -0.383 e. The van der Waals surface area contributed by atoms with Crippen molar-refractivity contribution >= 4 is 5.91 Å². The normalized spacial score (nSPS) is 19.4. The number of aryl methyl sites for hydroxylation is 1. The second kappa shape index (κ2) is 6.75. The summed E-state index contributed by atoms with van der Waals surface area (Å²) in [7, 11) is 1.79. The quantitative estimate of drug-likeness (QED) is 0.870. The van der Waals surface area contributed by atoms with E-state index in [1.165, 1.54) is 5.56 Å². The van der Waals surface area contributed by atoms with Gasteiger partial charge < -0.3 is 15.2 Å². The van der Waals surface area contributed by atoms with Crippen LogP contribution in [-0.4, -0.2) is 33.9 Å². The van der Waals surface area contributed by atoms with Crippen LogP contribution in [0.15, 0.2) is 36.7 Å². The summed E-state index contributed by atoms with van der Waals surface area (Å²) in [6.45, 7) is 2.42. The number of carbonyl (C=O) groups excluding carboxylic acids is 1. The van der Waals surface area contributed by atoms with E-state index in [0.29, 0.717) is 12.2 Å². The molecule has 24 heavy (non-hydrogen) atoms. The Kier molecular flexibility index (Phi) is 4.69. The summed E-state index contributed by atoms with van der Waals surface area (Å²) < 4.78 is 7.38. The number of hydrogen-bond donors (Lipinski definition) is 2. The van der Waals surface area contributed by atoms with Crippen LogP contribution in [0.2, 0.25) is 0 Å². The molecule has 6 heteroatoms. The van der Waals surface area contributed by atoms with Gasteiger partial charge in [0.15, 0.2) is 0 Å². The van der Waals surface area contributed by atoms with Crippen LogP contribution in [0, 0.1) is 0 Å². The average Bonchev–Trinajstić information content (AvgIpc) is 3.01. The van der Waals surface area contributed by atoms with E-state index in [0.717, 1.165) is 12.0 Å². The Morgan fingerprint density at radius 3 is 3.04 bits per heavy atom. The summed E-state index contributed by atoms with van der Waals surface area (Å²) in [5.74, 6) is -0.138. The molecule has 0 fully saturated rings. The lowest BCUT2D eigenvalue weighted by Crippen LogP contribution is -2.39. The van der Waals surface area contributed by atoms with Gasteiger partial charge in [0.25, 0.3) is 0 Å². The van der Waals surface area contributed by atoms with Gasteiger partial charge in [0.1, 0.15) is 5.60 Å². The van der Waals surface area contributed by atoms with Crippen LogP contribution in [0.4, 0.5) is 0 Å². The van der Waals surface area contributed by atoms with Crippen molar-refractivity contribution in [1.29, 1.82) is 0 Å². The molecule has 0 saturated carbocycles. The lowest BCUT2D eigenvalue weighted by Gasteiger charge is -2.27. The van der Waals surface area contributed by atoms with E-state index in [4.69, 9.17) is 4.74 Å². The lowest BCUT2D eigenvalue weighted by molar-refractivity contribution is -0.125. The van der Waals surface area contributed by atoms with E-state index < -0.39 is 5.60 Å². The molecule has 0 aliphatic carbocycles. The molecular formula is C18H23N3O3. The fraction of sp³-hybridized carbons (Fsp3) is 0.444. The molecule has 2 heterocycles. The Labute approximate surface area is 141 Å². The maximum absolute atomic E-state index is 12.3. The van der Waals surface area contributed by atoms with Crippen LogP contribution in [0.1, 0.15) is 36.1 Å². The summed E-state index contributed by atoms with van der Waals surface area (Å²) in [5, 5.41) is 17.4. The zero-order valence-corrected chi connectivity index (χ0v) is 14.0. The average molecular weight is 329 g/mol. The van der Waals surface area contributed by atoms with E-state index in [2.05, 4.69) is 16.5 Å². The molecule has 0 bridgehead atoms. The molecule has 1 aliphatic rings. The fourth-order valence-electron chi connectivity index (χ4n) is 2.96. The molecule has 2 atom stereocenters. The van der Waals surface area contributed by atoms with Crippen molar-refractivity contribution < 1.29 is 14.6 Å². The van der Waals surface area contributed by atoms with Gasteiger partial charge in [0.2, 0.25) is 5.91 Å². The molecule has 2 unspecified atom stereocenters. The number of benzene rings is 1. The number of amides is 1. The molecule has 0 saturated heterocycles. The van der Waals surface area contributed by atoms with Gasteiger partial charge in [-0.15, -0.1) is 0 Å². The highest BCUT2D eigenvalue weighted by atomic mass is 16.5. The number of carbonyl (C=O) groups is 1. The van der Waals surface area contributed by atoms with Gasteiger partial charge in [0, 0.05) is 18.8 Å². The van der Waals surface area contributed by atoms with E-state index >= 15 is 0 Å². The molecule has 1 aliphatic heterocycles. The fourth-order valence-corrected chi connectivity index (χ4v) is 2.96. The molecule has 128 valence electrons. The zero-order valence-electron chi connectivity index (χ0n) is 14.0. The Morgan fingerprint density at radius 1 is 1.50 bits per heavy atom. The van der Waals surface area contributed by atoms with Crippen molar-refractivity contribution in [3.05, 3.63) is 53.3 Å². The van der Waals surface area contributed by atoms with Crippen molar-refractivity contribution in [2.24, 2.45) is 7.05 Å². The standard InChI is InChI=1S/C18H23N3O3/c1-18(23,14-10-20-21(2)11-14)12-19-17(22)9-16-15-6-4-3-5-13(15)7-8-24-16/h3-6,10-11,16,23H,7-9,12H2,1-2H3,(H,19,22). The number of ether oxygens (including phenoxy) is 1. The molecule has 2 aromatic rings. The lowest BCUT2D eigenvalue weighted by atomic mass is 9.95. The first-order valence-corrected chi connectivity index (χ1v) is 8.13. The number of nitrogens with one attached hydrogen (secondary N) is 1. The van der Waals surface area contributed by atoms with Crippen LogP contribution in [0.3, 0.4) is 0 Å². The molecule has 0 radical (unpaired) electrons. The highest BCUT2D eigenvalue weighted by Gasteiger charge is 2.27. The Bertz CT molecular complexity index is 724. The largest absolute Gasteiger partial charge is 0.383 e. The summed E-state index contributed by atoms with van der Waals surface area (Å²) >= 11 is 0. The van der Waals surface area contributed by atoms with Crippen LogP contribution >= 0.6 is 0 Å². The second-order valence-corrected chi connectivity index (χ2v) is 6.47. The second-order valence-electron chi connectivity index (χ2n) is 6.47. The van der Waals surface area contributed by atoms with Crippen LogP contribution in [0.25, 0.3) is 0 Å². The molecular weight excluding hydrogens is 306 g/mol. The third kappa shape index (κ3) is 3.66. The first-order chi connectivity index (χ1) is 11.5. The number of fused-ring (bicyclic) bond motifs is 1. The van der Waals surface area contributed by atoms with E-state index in [9.17, 15) is 9.90 Å². The van der Waals surface area contributed by atoms with Gasteiger partial charge in [-0.25, -0.2) is 0 Å². The highest BCUT2D eigenvalue weighted by Crippen LogP contribution is 2.29. The summed E-state index contributed by atoms with van der Waals surface area (Å²) in [6, 6.07) is 8.06. The molecule has 1 aromatic carbocycles. The first-order valence-electron chi connectivity index (χ1n) is 8.13. The molecule has 0 spiro atoms. The number of rotatable bonds is 5. The van der Waals surface area contributed by atoms with Crippen molar-refractivity contribution in [3.63, 3.8) is 0 Å². The first kappa shape index (κ1) is 16.7. The number of aliphatic hydroxyl groups is 1. The Morgan fingerprint density at radius 2 is 2.29 bits per heavy atom. The predicted molar refractivity (Wildman–Crippen MR) is 89.2 cm³/mol. The van der Waals surface area contributed by atoms with Gasteiger partial charge >= 0.3 is 0 Å². The van der Waals surface area contributed by atoms with Crippen LogP contribution in [0.5, 0.6) is 0 Å². The smallest absolute Gasteiger partial charge is 0.223 e. The van der Waals surface area contributed by atoms with E-state index in [1.807, 2.05) is 18.2 Å². The zero-order chi connectivity index (χ0) is 17.2. The summed E-state index contributed by atoms with van der Waals surface area (Å²) in [4.78, 5) is 12.3. The minimum atomic E-state index is -1.16. The highest BCUT2D eigenvalue weighted by molar-refractivity contribution is 5.76. The summed E-state index contributed by atoms with van der Waals surface area (Å²) in [6.07, 6.45) is 4.25. The SMILES string of the molecule is Cn1cc(C(C)(O)CNC(=O)CC2OCCc3ccccc32)cn1. The van der Waals surface area contributed by atoms with Gasteiger partial charge in [0.05, 0.1) is 31.9 Å². The molecule has 3 rings (SSSR count). The Balaban J connectivity index is 1.59. The topological polar surface area (TPSA) is 76.4 Å². The third-order valence-electron chi connectivity index (χ3n) is 4.42. The van der Waals surface area contributed by atoms with Crippen LogP contribution in [-0.2, 0) is 28.6 Å². The van der Waals surface area contributed by atoms with Crippen molar-refractivity contribution in [2.45, 2.75) is 31.5 Å². The van der Waals surface area contributed by atoms with E-state index in [1.54, 1.807) is 31.0 Å². The monoisotopic (exact) mass is 329 g/mol. The van der Waals surface area contributed by atoms with Gasteiger partial charge in [-0.1, -0.05) is 24.3 Å². The minimum absolute atomic E-state index is 0.131. The summed E-state index contributed by atoms with van der Waals surface area (Å²) in [5.41, 5.74) is 1.83. The predicted octanol–water partition coefficient (Wildman–Crippen LogP) is 1.45. The van der Waals surface area contributed by atoms with Crippen molar-refractivity contribution in [2.75, 3.05) is 13.2 Å². The number of nitrogens with zero attached hydrogens (tertiary/aromatic N) is 2. The van der Waals surface area contributed by atoms with Gasteiger partial charge in [-0.3, -0.25) is 9.48 Å². The maximum Gasteiger partial charge on any atom is 0.223 e. The third-order valence-corrected chi connectivity index (χ3v) is 4.42. The molecule has 6 nitrogen and oxygen atoms in total. The molecule has 2 N–H and O–H groups in total. The van der Waals surface area contributed by atoms with Crippen LogP contribution < -0.4 is 5.32 Å². The van der Waals surface area contributed by atoms with Gasteiger partial charge in [-0.2, -0.15) is 5.10 Å². The van der Waals surface area contributed by atoms with E-state index in [-0.39, 0.29) is 25.0 Å². The molecule has 1 amide bonds. The van der Waals surface area contributed by atoms with Gasteiger partial charge in [-0.05, 0) is 24.5 Å².